The first kappa shape index (κ1) is 18.9. The number of benzene rings is 2. The maximum atomic E-state index is 12.0. The number of halogens is 1. The van der Waals surface area contributed by atoms with Crippen LogP contribution in [-0.2, 0) is 11.3 Å². The number of ether oxygens (including phenoxy) is 2. The highest BCUT2D eigenvalue weighted by Crippen LogP contribution is 2.23. The first-order valence-electron chi connectivity index (χ1n) is 8.11. The summed E-state index contributed by atoms with van der Waals surface area (Å²) >= 11 is 6.18. The molecule has 0 fully saturated rings. The molecule has 5 heteroatoms. The number of rotatable bonds is 7. The fourth-order valence-electron chi connectivity index (χ4n) is 2.20. The molecule has 25 heavy (non-hydrogen) atoms. The Hall–Kier alpha value is -2.46. The summed E-state index contributed by atoms with van der Waals surface area (Å²) in [5.74, 6) is 0.729. The van der Waals surface area contributed by atoms with Crippen molar-refractivity contribution in [3.8, 4) is 5.75 Å². The number of methoxy groups -OCH3 is 1. The van der Waals surface area contributed by atoms with Crippen LogP contribution in [0.4, 0.5) is 4.79 Å². The van der Waals surface area contributed by atoms with Crippen LogP contribution in [0, 0.1) is 0 Å². The average Bonchev–Trinajstić information content (AvgIpc) is 2.65. The molecule has 0 aliphatic rings. The summed E-state index contributed by atoms with van der Waals surface area (Å²) in [6.45, 7) is 2.23. The fraction of sp³-hybridized carbons (Fsp3) is 0.250. The summed E-state index contributed by atoms with van der Waals surface area (Å²) in [4.78, 5) is 12.0. The zero-order valence-electron chi connectivity index (χ0n) is 14.4. The van der Waals surface area contributed by atoms with Gasteiger partial charge in [0, 0.05) is 5.02 Å². The van der Waals surface area contributed by atoms with Crippen LogP contribution in [0.25, 0.3) is 6.08 Å². The van der Waals surface area contributed by atoms with Gasteiger partial charge in [-0.05, 0) is 35.7 Å². The molecule has 0 saturated heterocycles. The monoisotopic (exact) mass is 359 g/mol. The summed E-state index contributed by atoms with van der Waals surface area (Å²) in [7, 11) is 1.61. The van der Waals surface area contributed by atoms with Crippen LogP contribution in [0.3, 0.4) is 0 Å². The van der Waals surface area contributed by atoms with Gasteiger partial charge in [-0.25, -0.2) is 4.79 Å². The molecule has 0 aliphatic heterocycles. The van der Waals surface area contributed by atoms with Gasteiger partial charge in [0.15, 0.2) is 0 Å². The second kappa shape index (κ2) is 9.74. The van der Waals surface area contributed by atoms with Gasteiger partial charge in [0.2, 0.25) is 0 Å². The van der Waals surface area contributed by atoms with E-state index in [-0.39, 0.29) is 12.6 Å². The summed E-state index contributed by atoms with van der Waals surface area (Å²) < 4.78 is 10.4. The van der Waals surface area contributed by atoms with Crippen LogP contribution in [0.15, 0.2) is 54.6 Å². The Kier molecular flexibility index (Phi) is 7.36. The van der Waals surface area contributed by atoms with Crippen molar-refractivity contribution in [2.75, 3.05) is 7.11 Å². The van der Waals surface area contributed by atoms with Crippen molar-refractivity contribution in [3.05, 3.63) is 70.8 Å². The lowest BCUT2D eigenvalue weighted by molar-refractivity contribution is 0.137. The highest BCUT2D eigenvalue weighted by Gasteiger charge is 2.09. The number of carbonyl (C=O) groups is 1. The lowest BCUT2D eigenvalue weighted by atomic mass is 10.1. The molecule has 0 bridgehead atoms. The quantitative estimate of drug-likeness (QED) is 0.751. The number of hydrogen-bond donors (Lipinski definition) is 1. The van der Waals surface area contributed by atoms with Crippen LogP contribution in [-0.4, -0.2) is 19.2 Å². The van der Waals surface area contributed by atoms with E-state index in [1.54, 1.807) is 19.2 Å². The molecule has 4 nitrogen and oxygen atoms in total. The SMILES string of the molecule is CC[C@H](/C=C\c1cc(OC)ccc1Cl)NC(=O)OCc1ccccc1. The highest BCUT2D eigenvalue weighted by atomic mass is 35.5. The van der Waals surface area contributed by atoms with Gasteiger partial charge in [-0.2, -0.15) is 0 Å². The predicted octanol–water partition coefficient (Wildman–Crippen LogP) is 5.07. The molecule has 0 saturated carbocycles. The van der Waals surface area contributed by atoms with E-state index in [4.69, 9.17) is 21.1 Å². The normalized spacial score (nSPS) is 12.0. The van der Waals surface area contributed by atoms with E-state index in [0.717, 1.165) is 23.3 Å². The number of alkyl carbamates (subject to hydrolysis) is 1. The van der Waals surface area contributed by atoms with Gasteiger partial charge in [0.05, 0.1) is 13.2 Å². The van der Waals surface area contributed by atoms with Crippen molar-refractivity contribution in [2.24, 2.45) is 0 Å². The Balaban J connectivity index is 1.92. The number of carbonyl (C=O) groups excluding carboxylic acids is 1. The number of amides is 1. The van der Waals surface area contributed by atoms with E-state index in [2.05, 4.69) is 5.32 Å². The summed E-state index contributed by atoms with van der Waals surface area (Å²) in [5.41, 5.74) is 1.78. The van der Waals surface area contributed by atoms with Crippen molar-refractivity contribution in [2.45, 2.75) is 26.0 Å². The van der Waals surface area contributed by atoms with Gasteiger partial charge in [-0.3, -0.25) is 0 Å². The Labute approximate surface area is 153 Å². The minimum Gasteiger partial charge on any atom is -0.497 e. The third-order valence-corrected chi connectivity index (χ3v) is 4.01. The molecule has 2 rings (SSSR count). The van der Waals surface area contributed by atoms with Crippen molar-refractivity contribution in [1.29, 1.82) is 0 Å². The zero-order chi connectivity index (χ0) is 18.1. The van der Waals surface area contributed by atoms with Crippen LogP contribution in [0.5, 0.6) is 5.75 Å². The lowest BCUT2D eigenvalue weighted by Gasteiger charge is -2.13. The third kappa shape index (κ3) is 6.16. The predicted molar refractivity (Wildman–Crippen MR) is 101 cm³/mol. The van der Waals surface area contributed by atoms with Crippen LogP contribution >= 0.6 is 11.6 Å². The molecular weight excluding hydrogens is 338 g/mol. The van der Waals surface area contributed by atoms with Gasteiger partial charge in [0.25, 0.3) is 0 Å². The van der Waals surface area contributed by atoms with Crippen LogP contribution < -0.4 is 10.1 Å². The van der Waals surface area contributed by atoms with E-state index in [1.165, 1.54) is 0 Å². The minimum atomic E-state index is -0.447. The first-order valence-corrected chi connectivity index (χ1v) is 8.49. The maximum absolute atomic E-state index is 12.0. The smallest absolute Gasteiger partial charge is 0.407 e. The van der Waals surface area contributed by atoms with Crippen molar-refractivity contribution < 1.29 is 14.3 Å². The number of hydrogen-bond acceptors (Lipinski definition) is 3. The van der Waals surface area contributed by atoms with Crippen LogP contribution in [0.1, 0.15) is 24.5 Å². The molecule has 1 N–H and O–H groups in total. The molecule has 0 unspecified atom stereocenters. The van der Waals surface area contributed by atoms with E-state index in [9.17, 15) is 4.79 Å². The zero-order valence-corrected chi connectivity index (χ0v) is 15.1. The second-order valence-corrected chi connectivity index (χ2v) is 5.87. The Morgan fingerprint density at radius 3 is 2.68 bits per heavy atom. The molecule has 2 aromatic carbocycles. The lowest BCUT2D eigenvalue weighted by Crippen LogP contribution is -2.33. The van der Waals surface area contributed by atoms with E-state index < -0.39 is 6.09 Å². The van der Waals surface area contributed by atoms with Crippen molar-refractivity contribution >= 4 is 23.8 Å². The molecule has 0 spiro atoms. The molecule has 0 heterocycles. The highest BCUT2D eigenvalue weighted by molar-refractivity contribution is 6.32. The average molecular weight is 360 g/mol. The topological polar surface area (TPSA) is 47.6 Å². The fourth-order valence-corrected chi connectivity index (χ4v) is 2.38. The Bertz CT molecular complexity index is 716. The molecule has 0 aliphatic carbocycles. The first-order chi connectivity index (χ1) is 12.1. The minimum absolute atomic E-state index is 0.148. The third-order valence-electron chi connectivity index (χ3n) is 3.67. The molecule has 0 aromatic heterocycles. The maximum Gasteiger partial charge on any atom is 0.407 e. The second-order valence-electron chi connectivity index (χ2n) is 5.47. The van der Waals surface area contributed by atoms with E-state index >= 15 is 0 Å². The molecule has 0 radical (unpaired) electrons. The van der Waals surface area contributed by atoms with E-state index in [0.29, 0.717) is 5.02 Å². The van der Waals surface area contributed by atoms with Crippen molar-refractivity contribution in [1.82, 2.24) is 5.32 Å². The van der Waals surface area contributed by atoms with E-state index in [1.807, 2.05) is 55.5 Å². The summed E-state index contributed by atoms with van der Waals surface area (Å²) in [5, 5.41) is 3.46. The largest absolute Gasteiger partial charge is 0.497 e. The molecule has 2 aromatic rings. The number of nitrogens with one attached hydrogen (secondary N) is 1. The molecular formula is C20H22ClNO3. The standard InChI is InChI=1S/C20H22ClNO3/c1-3-17(10-9-16-13-18(24-2)11-12-19(16)21)22-20(23)25-14-15-7-5-4-6-8-15/h4-13,17H,3,14H2,1-2H3,(H,22,23)/b10-9-/t17-/m1/s1. The summed E-state index contributed by atoms with van der Waals surface area (Å²) in [6, 6.07) is 14.8. The van der Waals surface area contributed by atoms with Gasteiger partial charge in [-0.1, -0.05) is 61.0 Å². The van der Waals surface area contributed by atoms with Gasteiger partial charge < -0.3 is 14.8 Å². The Morgan fingerprint density at radius 1 is 1.24 bits per heavy atom. The molecule has 1 atom stereocenters. The van der Waals surface area contributed by atoms with Gasteiger partial charge in [0.1, 0.15) is 12.4 Å². The molecule has 1 amide bonds. The summed E-state index contributed by atoms with van der Waals surface area (Å²) in [6.07, 6.45) is 4.05. The van der Waals surface area contributed by atoms with Crippen molar-refractivity contribution in [3.63, 3.8) is 0 Å². The molecule has 132 valence electrons. The van der Waals surface area contributed by atoms with Crippen LogP contribution in [0.2, 0.25) is 5.02 Å². The van der Waals surface area contributed by atoms with Gasteiger partial charge in [-0.15, -0.1) is 0 Å². The van der Waals surface area contributed by atoms with Gasteiger partial charge >= 0.3 is 6.09 Å². The Morgan fingerprint density at radius 2 is 2.00 bits per heavy atom.